The average molecular weight is 408 g/mol. The van der Waals surface area contributed by atoms with Crippen LogP contribution in [0.1, 0.15) is 50.5 Å². The first-order chi connectivity index (χ1) is 14.6. The summed E-state index contributed by atoms with van der Waals surface area (Å²) < 4.78 is 0. The van der Waals surface area contributed by atoms with Crippen LogP contribution < -0.4 is 5.32 Å². The summed E-state index contributed by atoms with van der Waals surface area (Å²) in [5.74, 6) is 0.220. The molecule has 3 rings (SSSR count). The van der Waals surface area contributed by atoms with Gasteiger partial charge in [0.25, 0.3) is 0 Å². The summed E-state index contributed by atoms with van der Waals surface area (Å²) in [4.78, 5) is 23.9. The minimum Gasteiger partial charge on any atom is -0.389 e. The first kappa shape index (κ1) is 22.2. The lowest BCUT2D eigenvalue weighted by Gasteiger charge is -2.13. The number of hydrogen-bond acceptors (Lipinski definition) is 3. The van der Waals surface area contributed by atoms with Crippen molar-refractivity contribution in [2.45, 2.75) is 63.5 Å². The van der Waals surface area contributed by atoms with E-state index in [-0.39, 0.29) is 23.5 Å². The second-order valence-electron chi connectivity index (χ2n) is 8.37. The number of amides is 1. The van der Waals surface area contributed by atoms with Gasteiger partial charge in [0.05, 0.1) is 6.10 Å². The molecule has 0 spiro atoms. The van der Waals surface area contributed by atoms with Gasteiger partial charge in [-0.2, -0.15) is 0 Å². The van der Waals surface area contributed by atoms with Crippen LogP contribution in [0, 0.1) is 11.8 Å². The molecule has 0 unspecified atom stereocenters. The Labute approximate surface area is 179 Å². The van der Waals surface area contributed by atoms with Crippen LogP contribution in [-0.4, -0.2) is 28.9 Å². The second kappa shape index (κ2) is 11.7. The largest absolute Gasteiger partial charge is 0.389 e. The standard InChI is InChI=1S/C26H33NO3/c28-23(16-12-20-8-4-3-5-9-20)17-18-24-21(13-19-25(24)29)10-6-1-2-7-11-26(30)27-22-14-15-22/h1,3-6,8-9,13,17-19,21-24,28H,2,7,10-12,14-16H2,(H,27,30)/t21-,23-,24+/m0/s1. The molecule has 4 nitrogen and oxygen atoms in total. The molecular formula is C26H33NO3. The van der Waals surface area contributed by atoms with Gasteiger partial charge < -0.3 is 10.4 Å². The summed E-state index contributed by atoms with van der Waals surface area (Å²) in [5.41, 5.74) is 1.21. The molecule has 0 radical (unpaired) electrons. The van der Waals surface area contributed by atoms with E-state index >= 15 is 0 Å². The van der Waals surface area contributed by atoms with E-state index < -0.39 is 6.10 Å². The lowest BCUT2D eigenvalue weighted by Crippen LogP contribution is -2.24. The molecule has 1 saturated carbocycles. The monoisotopic (exact) mass is 407 g/mol. The highest BCUT2D eigenvalue weighted by molar-refractivity contribution is 5.95. The SMILES string of the molecule is O=C(CCCC=CC[C@H]1C=CC(=O)[C@@H]1C=C[C@@H](O)CCc1ccccc1)NC1CC1. The maximum atomic E-state index is 12.2. The Morgan fingerprint density at radius 1 is 1.20 bits per heavy atom. The van der Waals surface area contributed by atoms with E-state index in [0.29, 0.717) is 18.9 Å². The number of aliphatic hydroxyl groups is 1. The summed E-state index contributed by atoms with van der Waals surface area (Å²) in [5, 5.41) is 13.3. The Hall–Kier alpha value is -2.46. The molecule has 30 heavy (non-hydrogen) atoms. The zero-order chi connectivity index (χ0) is 21.2. The molecule has 1 fully saturated rings. The lowest BCUT2D eigenvalue weighted by atomic mass is 9.90. The molecule has 1 aromatic rings. The Kier molecular flexibility index (Phi) is 8.64. The van der Waals surface area contributed by atoms with Crippen molar-refractivity contribution in [3.8, 4) is 0 Å². The van der Waals surface area contributed by atoms with Crippen molar-refractivity contribution >= 4 is 11.7 Å². The topological polar surface area (TPSA) is 66.4 Å². The van der Waals surface area contributed by atoms with E-state index in [1.807, 2.05) is 30.4 Å². The Bertz CT molecular complexity index is 777. The van der Waals surface area contributed by atoms with Gasteiger partial charge in [0.2, 0.25) is 5.91 Å². The molecular weight excluding hydrogens is 374 g/mol. The average Bonchev–Trinajstić information content (AvgIpc) is 3.49. The highest BCUT2D eigenvalue weighted by atomic mass is 16.3. The van der Waals surface area contributed by atoms with Gasteiger partial charge in [0.15, 0.2) is 5.78 Å². The predicted octanol–water partition coefficient (Wildman–Crippen LogP) is 4.30. The number of allylic oxidation sites excluding steroid dienone is 5. The van der Waals surface area contributed by atoms with Gasteiger partial charge in [-0.05, 0) is 62.5 Å². The van der Waals surface area contributed by atoms with Gasteiger partial charge in [-0.25, -0.2) is 0 Å². The Morgan fingerprint density at radius 3 is 2.77 bits per heavy atom. The third-order valence-corrected chi connectivity index (χ3v) is 5.70. The van der Waals surface area contributed by atoms with Gasteiger partial charge in [0.1, 0.15) is 0 Å². The number of aryl methyl sites for hydroxylation is 1. The van der Waals surface area contributed by atoms with Gasteiger partial charge >= 0.3 is 0 Å². The smallest absolute Gasteiger partial charge is 0.220 e. The van der Waals surface area contributed by atoms with E-state index in [1.165, 1.54) is 5.56 Å². The molecule has 1 amide bonds. The van der Waals surface area contributed by atoms with Crippen molar-refractivity contribution in [3.05, 3.63) is 72.4 Å². The molecule has 160 valence electrons. The second-order valence-corrected chi connectivity index (χ2v) is 8.37. The third-order valence-electron chi connectivity index (χ3n) is 5.70. The zero-order valence-electron chi connectivity index (χ0n) is 17.6. The van der Waals surface area contributed by atoms with Crippen molar-refractivity contribution in [2.24, 2.45) is 11.8 Å². The van der Waals surface area contributed by atoms with Crippen LogP contribution in [0.4, 0.5) is 0 Å². The number of ketones is 1. The first-order valence-corrected chi connectivity index (χ1v) is 11.2. The molecule has 4 heteroatoms. The van der Waals surface area contributed by atoms with Crippen molar-refractivity contribution < 1.29 is 14.7 Å². The summed E-state index contributed by atoms with van der Waals surface area (Å²) in [6, 6.07) is 10.5. The minimum atomic E-state index is -0.545. The van der Waals surface area contributed by atoms with Crippen molar-refractivity contribution in [3.63, 3.8) is 0 Å². The van der Waals surface area contributed by atoms with Crippen LogP contribution in [0.25, 0.3) is 0 Å². The highest BCUT2D eigenvalue weighted by Crippen LogP contribution is 2.27. The normalized spacial score (nSPS) is 22.2. The van der Waals surface area contributed by atoms with E-state index in [1.54, 1.807) is 12.2 Å². The summed E-state index contributed by atoms with van der Waals surface area (Å²) in [6.07, 6.45) is 17.8. The van der Waals surface area contributed by atoms with E-state index in [2.05, 4.69) is 29.6 Å². The molecule has 2 N–H and O–H groups in total. The van der Waals surface area contributed by atoms with Crippen LogP contribution in [-0.2, 0) is 16.0 Å². The molecule has 0 saturated heterocycles. The highest BCUT2D eigenvalue weighted by Gasteiger charge is 2.27. The number of carbonyl (C=O) groups is 2. The number of unbranched alkanes of at least 4 members (excludes halogenated alkanes) is 1. The van der Waals surface area contributed by atoms with Gasteiger partial charge in [-0.3, -0.25) is 9.59 Å². The molecule has 0 aliphatic heterocycles. The molecule has 1 aromatic carbocycles. The van der Waals surface area contributed by atoms with E-state index in [0.717, 1.165) is 38.5 Å². The predicted molar refractivity (Wildman–Crippen MR) is 120 cm³/mol. The van der Waals surface area contributed by atoms with Crippen LogP contribution in [0.3, 0.4) is 0 Å². The van der Waals surface area contributed by atoms with Gasteiger partial charge in [-0.1, -0.05) is 60.7 Å². The first-order valence-electron chi connectivity index (χ1n) is 11.2. The summed E-state index contributed by atoms with van der Waals surface area (Å²) in [7, 11) is 0. The van der Waals surface area contributed by atoms with E-state index in [4.69, 9.17) is 0 Å². The Morgan fingerprint density at radius 2 is 2.00 bits per heavy atom. The van der Waals surface area contributed by atoms with Crippen molar-refractivity contribution in [2.75, 3.05) is 0 Å². The van der Waals surface area contributed by atoms with Gasteiger partial charge in [-0.15, -0.1) is 0 Å². The quantitative estimate of drug-likeness (QED) is 0.401. The molecule has 0 aromatic heterocycles. The number of rotatable bonds is 12. The number of aliphatic hydroxyl groups excluding tert-OH is 1. The summed E-state index contributed by atoms with van der Waals surface area (Å²) >= 11 is 0. The number of hydrogen-bond donors (Lipinski definition) is 2. The zero-order valence-corrected chi connectivity index (χ0v) is 17.6. The number of carbonyl (C=O) groups excluding carboxylic acids is 2. The number of benzene rings is 1. The van der Waals surface area contributed by atoms with E-state index in [9.17, 15) is 14.7 Å². The van der Waals surface area contributed by atoms with Crippen molar-refractivity contribution in [1.29, 1.82) is 0 Å². The third kappa shape index (κ3) is 7.75. The molecule has 3 atom stereocenters. The Balaban J connectivity index is 1.35. The molecule has 0 heterocycles. The molecule has 2 aliphatic rings. The van der Waals surface area contributed by atoms with Crippen LogP contribution in [0.5, 0.6) is 0 Å². The van der Waals surface area contributed by atoms with Crippen LogP contribution in [0.15, 0.2) is 66.8 Å². The van der Waals surface area contributed by atoms with Gasteiger partial charge in [0, 0.05) is 18.4 Å². The summed E-state index contributed by atoms with van der Waals surface area (Å²) in [6.45, 7) is 0. The number of nitrogens with one attached hydrogen (secondary N) is 1. The fraction of sp³-hybridized carbons (Fsp3) is 0.462. The molecule has 2 aliphatic carbocycles. The van der Waals surface area contributed by atoms with Crippen LogP contribution >= 0.6 is 0 Å². The minimum absolute atomic E-state index is 0.108. The van der Waals surface area contributed by atoms with Crippen molar-refractivity contribution in [1.82, 2.24) is 5.32 Å². The fourth-order valence-electron chi connectivity index (χ4n) is 3.71. The maximum absolute atomic E-state index is 12.2. The van der Waals surface area contributed by atoms with Crippen LogP contribution in [0.2, 0.25) is 0 Å². The maximum Gasteiger partial charge on any atom is 0.220 e. The molecule has 0 bridgehead atoms. The lowest BCUT2D eigenvalue weighted by molar-refractivity contribution is -0.121. The fourth-order valence-corrected chi connectivity index (χ4v) is 3.71.